The molecule has 0 bridgehead atoms. The fraction of sp³-hybridized carbons (Fsp3) is 0.278. The first-order chi connectivity index (χ1) is 11.5. The van der Waals surface area contributed by atoms with Gasteiger partial charge in [0.2, 0.25) is 0 Å². The highest BCUT2D eigenvalue weighted by atomic mass is 32.2. The molecule has 2 aromatic rings. The number of sulfone groups is 1. The highest BCUT2D eigenvalue weighted by Gasteiger charge is 2.17. The molecule has 0 unspecified atom stereocenters. The van der Waals surface area contributed by atoms with Crippen molar-refractivity contribution in [2.45, 2.75) is 17.7 Å². The van der Waals surface area contributed by atoms with E-state index in [1.807, 2.05) is 30.3 Å². The summed E-state index contributed by atoms with van der Waals surface area (Å²) >= 11 is 0. The second kappa shape index (κ2) is 8.49. The van der Waals surface area contributed by atoms with Crippen molar-refractivity contribution >= 4 is 15.7 Å². The summed E-state index contributed by atoms with van der Waals surface area (Å²) in [7, 11) is -3.43. The molecule has 0 fully saturated rings. The van der Waals surface area contributed by atoms with E-state index in [1.165, 1.54) is 12.1 Å². The van der Waals surface area contributed by atoms with Gasteiger partial charge in [-0.25, -0.2) is 8.42 Å². The van der Waals surface area contributed by atoms with Crippen LogP contribution in [0.4, 0.5) is 0 Å². The molecule has 0 spiro atoms. The Bertz CT molecular complexity index is 773. The van der Waals surface area contributed by atoms with E-state index in [0.717, 1.165) is 24.8 Å². The van der Waals surface area contributed by atoms with Gasteiger partial charge in [-0.05, 0) is 37.1 Å². The van der Waals surface area contributed by atoms with Gasteiger partial charge in [0.15, 0.2) is 9.84 Å². The van der Waals surface area contributed by atoms with Crippen LogP contribution >= 0.6 is 0 Å². The number of ether oxygens (including phenoxy) is 1. The van der Waals surface area contributed by atoms with Crippen molar-refractivity contribution in [3.05, 3.63) is 60.2 Å². The Kier molecular flexibility index (Phi) is 6.37. The largest absolute Gasteiger partial charge is 0.494 e. The number of unbranched alkanes of at least 4 members (excludes halogenated alkanes) is 1. The van der Waals surface area contributed by atoms with Crippen LogP contribution in [0.5, 0.6) is 5.75 Å². The first kappa shape index (κ1) is 18.0. The zero-order valence-electron chi connectivity index (χ0n) is 13.6. The molecule has 0 aliphatic carbocycles. The molecule has 0 saturated heterocycles. The molecule has 1 N–H and O–H groups in total. The van der Waals surface area contributed by atoms with Gasteiger partial charge in [-0.3, -0.25) is 4.79 Å². The predicted molar refractivity (Wildman–Crippen MR) is 93.1 cm³/mol. The lowest BCUT2D eigenvalue weighted by Crippen LogP contribution is -2.26. The smallest absolute Gasteiger partial charge is 0.252 e. The summed E-state index contributed by atoms with van der Waals surface area (Å²) < 4.78 is 29.0. The van der Waals surface area contributed by atoms with Crippen LogP contribution in [0.2, 0.25) is 0 Å². The molecule has 0 aromatic heterocycles. The molecule has 2 aromatic carbocycles. The zero-order chi connectivity index (χ0) is 17.4. The van der Waals surface area contributed by atoms with Crippen LogP contribution in [-0.4, -0.2) is 33.7 Å². The van der Waals surface area contributed by atoms with Crippen molar-refractivity contribution in [2.75, 3.05) is 19.4 Å². The summed E-state index contributed by atoms with van der Waals surface area (Å²) in [6, 6.07) is 15.8. The van der Waals surface area contributed by atoms with Crippen LogP contribution < -0.4 is 10.1 Å². The van der Waals surface area contributed by atoms with Gasteiger partial charge in [-0.15, -0.1) is 0 Å². The predicted octanol–water partition coefficient (Wildman–Crippen LogP) is 2.68. The Morgan fingerprint density at radius 2 is 1.67 bits per heavy atom. The van der Waals surface area contributed by atoms with Crippen molar-refractivity contribution in [1.82, 2.24) is 5.32 Å². The molecule has 24 heavy (non-hydrogen) atoms. The minimum Gasteiger partial charge on any atom is -0.494 e. The number of para-hydroxylation sites is 1. The van der Waals surface area contributed by atoms with Crippen molar-refractivity contribution in [2.24, 2.45) is 0 Å². The number of amides is 1. The lowest BCUT2D eigenvalue weighted by Gasteiger charge is -2.09. The fourth-order valence-corrected chi connectivity index (χ4v) is 3.09. The molecular formula is C18H21NO4S. The summed E-state index contributed by atoms with van der Waals surface area (Å²) in [5.41, 5.74) is 0.181. The van der Waals surface area contributed by atoms with Crippen molar-refractivity contribution in [3.63, 3.8) is 0 Å². The number of rotatable bonds is 8. The van der Waals surface area contributed by atoms with Crippen molar-refractivity contribution in [3.8, 4) is 5.75 Å². The van der Waals surface area contributed by atoms with Crippen LogP contribution in [0.1, 0.15) is 23.2 Å². The summed E-state index contributed by atoms with van der Waals surface area (Å²) in [5.74, 6) is 0.448. The molecule has 1 amide bonds. The third kappa shape index (κ3) is 5.38. The second-order valence-corrected chi connectivity index (χ2v) is 7.38. The van der Waals surface area contributed by atoms with E-state index < -0.39 is 9.84 Å². The maximum absolute atomic E-state index is 12.2. The summed E-state index contributed by atoms with van der Waals surface area (Å²) in [6.07, 6.45) is 2.64. The highest BCUT2D eigenvalue weighted by Crippen LogP contribution is 2.15. The summed E-state index contributed by atoms with van der Waals surface area (Å²) in [6.45, 7) is 1.04. The van der Waals surface area contributed by atoms with E-state index in [2.05, 4.69) is 5.32 Å². The van der Waals surface area contributed by atoms with E-state index in [4.69, 9.17) is 4.74 Å². The lowest BCUT2D eigenvalue weighted by molar-refractivity contribution is 0.0949. The molecule has 0 aliphatic heterocycles. The van der Waals surface area contributed by atoms with Gasteiger partial charge in [-0.1, -0.05) is 30.3 Å². The SMILES string of the molecule is CS(=O)(=O)c1ccccc1C(=O)NCCCCOc1ccccc1. The van der Waals surface area contributed by atoms with Crippen LogP contribution in [0.15, 0.2) is 59.5 Å². The average Bonchev–Trinajstić information content (AvgIpc) is 2.58. The number of hydrogen-bond donors (Lipinski definition) is 1. The van der Waals surface area contributed by atoms with E-state index in [9.17, 15) is 13.2 Å². The molecule has 0 atom stereocenters. The van der Waals surface area contributed by atoms with E-state index >= 15 is 0 Å². The van der Waals surface area contributed by atoms with Gasteiger partial charge in [0.05, 0.1) is 17.1 Å². The Balaban J connectivity index is 1.76. The number of benzene rings is 2. The number of carbonyl (C=O) groups excluding carboxylic acids is 1. The Hall–Kier alpha value is -2.34. The number of nitrogens with one attached hydrogen (secondary N) is 1. The Labute approximate surface area is 142 Å². The van der Waals surface area contributed by atoms with Crippen LogP contribution in [0.3, 0.4) is 0 Å². The molecule has 0 saturated carbocycles. The lowest BCUT2D eigenvalue weighted by atomic mass is 10.2. The monoisotopic (exact) mass is 347 g/mol. The van der Waals surface area contributed by atoms with Crippen LogP contribution in [0, 0.1) is 0 Å². The second-order valence-electron chi connectivity index (χ2n) is 5.39. The molecule has 0 heterocycles. The van der Waals surface area contributed by atoms with E-state index in [0.29, 0.717) is 13.2 Å². The fourth-order valence-electron chi connectivity index (χ4n) is 2.21. The minimum atomic E-state index is -3.43. The summed E-state index contributed by atoms with van der Waals surface area (Å²) in [4.78, 5) is 12.2. The minimum absolute atomic E-state index is 0.0508. The topological polar surface area (TPSA) is 72.5 Å². The summed E-state index contributed by atoms with van der Waals surface area (Å²) in [5, 5.41) is 2.75. The molecule has 0 aliphatic rings. The van der Waals surface area contributed by atoms with Gasteiger partial charge in [0, 0.05) is 12.8 Å². The van der Waals surface area contributed by atoms with Crippen molar-refractivity contribution in [1.29, 1.82) is 0 Å². The molecular weight excluding hydrogens is 326 g/mol. The number of carbonyl (C=O) groups is 1. The normalized spacial score (nSPS) is 11.0. The quantitative estimate of drug-likeness (QED) is 0.745. The molecule has 5 nitrogen and oxygen atoms in total. The van der Waals surface area contributed by atoms with E-state index in [-0.39, 0.29) is 16.4 Å². The maximum Gasteiger partial charge on any atom is 0.252 e. The first-order valence-electron chi connectivity index (χ1n) is 7.73. The Morgan fingerprint density at radius 3 is 2.38 bits per heavy atom. The molecule has 0 radical (unpaired) electrons. The van der Waals surface area contributed by atoms with Gasteiger partial charge in [-0.2, -0.15) is 0 Å². The van der Waals surface area contributed by atoms with Gasteiger partial charge < -0.3 is 10.1 Å². The molecule has 2 rings (SSSR count). The average molecular weight is 347 g/mol. The first-order valence-corrected chi connectivity index (χ1v) is 9.63. The van der Waals surface area contributed by atoms with Crippen LogP contribution in [0.25, 0.3) is 0 Å². The van der Waals surface area contributed by atoms with Gasteiger partial charge in [0.25, 0.3) is 5.91 Å². The highest BCUT2D eigenvalue weighted by molar-refractivity contribution is 7.90. The van der Waals surface area contributed by atoms with Gasteiger partial charge >= 0.3 is 0 Å². The zero-order valence-corrected chi connectivity index (χ0v) is 14.4. The third-order valence-electron chi connectivity index (χ3n) is 3.40. The Morgan fingerprint density at radius 1 is 1.00 bits per heavy atom. The number of hydrogen-bond acceptors (Lipinski definition) is 4. The van der Waals surface area contributed by atoms with Crippen LogP contribution in [-0.2, 0) is 9.84 Å². The van der Waals surface area contributed by atoms with E-state index in [1.54, 1.807) is 12.1 Å². The molecule has 6 heteroatoms. The third-order valence-corrected chi connectivity index (χ3v) is 4.55. The van der Waals surface area contributed by atoms with Crippen molar-refractivity contribution < 1.29 is 17.9 Å². The molecule has 128 valence electrons. The maximum atomic E-state index is 12.2. The van der Waals surface area contributed by atoms with Gasteiger partial charge in [0.1, 0.15) is 5.75 Å². The standard InChI is InChI=1S/C18H21NO4S/c1-24(21,22)17-12-6-5-11-16(17)18(20)19-13-7-8-14-23-15-9-3-2-4-10-15/h2-6,9-12H,7-8,13-14H2,1H3,(H,19,20).